The molecule has 25 heavy (non-hydrogen) atoms. The number of aromatic nitrogens is 4. The summed E-state index contributed by atoms with van der Waals surface area (Å²) in [5.74, 6) is 0.303. The summed E-state index contributed by atoms with van der Waals surface area (Å²) in [6.45, 7) is 4.33. The van der Waals surface area contributed by atoms with Crippen LogP contribution < -0.4 is 0 Å². The maximum absolute atomic E-state index is 4.66. The number of hydrogen-bond acceptors (Lipinski definition) is 3. The first kappa shape index (κ1) is 16.0. The zero-order valence-corrected chi connectivity index (χ0v) is 15.5. The first-order valence-electron chi connectivity index (χ1n) is 8.52. The molecule has 0 bridgehead atoms. The summed E-state index contributed by atoms with van der Waals surface area (Å²) in [6.07, 6.45) is 3.67. The van der Waals surface area contributed by atoms with Gasteiger partial charge in [-0.3, -0.25) is 4.68 Å². The molecule has 0 N–H and O–H groups in total. The van der Waals surface area contributed by atoms with E-state index in [-0.39, 0.29) is 0 Å². The summed E-state index contributed by atoms with van der Waals surface area (Å²) >= 11 is 4.41. The SMILES string of the molecule is CCc1c2ccc(-c3ccnn3C3=C=C=C(S)CC3C)cc2nn1C. The predicted molar refractivity (Wildman–Crippen MR) is 104 cm³/mol. The van der Waals surface area contributed by atoms with Crippen LogP contribution in [0.5, 0.6) is 0 Å². The van der Waals surface area contributed by atoms with Crippen LogP contribution in [0, 0.1) is 5.92 Å². The van der Waals surface area contributed by atoms with Crippen LogP contribution in [0.4, 0.5) is 0 Å². The molecule has 4 nitrogen and oxygen atoms in total. The smallest absolute Gasteiger partial charge is 0.0957 e. The molecule has 0 aliphatic heterocycles. The van der Waals surface area contributed by atoms with Gasteiger partial charge in [-0.15, -0.1) is 12.6 Å². The van der Waals surface area contributed by atoms with Crippen molar-refractivity contribution in [3.63, 3.8) is 0 Å². The van der Waals surface area contributed by atoms with Crippen molar-refractivity contribution >= 4 is 29.2 Å². The van der Waals surface area contributed by atoms with Crippen LogP contribution in [0.25, 0.3) is 27.9 Å². The van der Waals surface area contributed by atoms with Crippen molar-refractivity contribution in [2.75, 3.05) is 0 Å². The molecule has 0 saturated heterocycles. The van der Waals surface area contributed by atoms with Crippen LogP contribution in [0.1, 0.15) is 26.0 Å². The monoisotopic (exact) mass is 348 g/mol. The number of fused-ring (bicyclic) bond motifs is 1. The second kappa shape index (κ2) is 6.12. The normalized spacial score (nSPS) is 17.0. The highest BCUT2D eigenvalue weighted by Crippen LogP contribution is 2.32. The second-order valence-corrected chi connectivity index (χ2v) is 7.01. The van der Waals surface area contributed by atoms with E-state index in [0.29, 0.717) is 5.92 Å². The summed E-state index contributed by atoms with van der Waals surface area (Å²) in [7, 11) is 2.00. The highest BCUT2D eigenvalue weighted by molar-refractivity contribution is 7.84. The maximum Gasteiger partial charge on any atom is 0.0957 e. The molecule has 1 unspecified atom stereocenters. The summed E-state index contributed by atoms with van der Waals surface area (Å²) in [5, 5.41) is 10.4. The molecule has 0 amide bonds. The van der Waals surface area contributed by atoms with Crippen LogP contribution in [0.2, 0.25) is 0 Å². The molecule has 0 saturated carbocycles. The number of nitrogens with zero attached hydrogens (tertiary/aromatic N) is 4. The average molecular weight is 348 g/mol. The van der Waals surface area contributed by atoms with Gasteiger partial charge in [0.2, 0.25) is 0 Å². The minimum Gasteiger partial charge on any atom is -0.271 e. The van der Waals surface area contributed by atoms with Crippen molar-refractivity contribution in [2.45, 2.75) is 26.7 Å². The van der Waals surface area contributed by atoms with Crippen molar-refractivity contribution in [1.29, 1.82) is 0 Å². The fourth-order valence-corrected chi connectivity index (χ4v) is 3.84. The molecule has 4 rings (SSSR count). The molecule has 1 aliphatic rings. The third-order valence-corrected chi connectivity index (χ3v) is 5.05. The van der Waals surface area contributed by atoms with Gasteiger partial charge < -0.3 is 0 Å². The van der Waals surface area contributed by atoms with E-state index in [1.54, 1.807) is 0 Å². The van der Waals surface area contributed by atoms with E-state index < -0.39 is 0 Å². The Morgan fingerprint density at radius 2 is 2.12 bits per heavy atom. The third-order valence-electron chi connectivity index (χ3n) is 4.76. The van der Waals surface area contributed by atoms with E-state index in [4.69, 9.17) is 0 Å². The number of allylic oxidation sites excluding steroid dienone is 2. The fourth-order valence-electron chi connectivity index (χ4n) is 3.51. The van der Waals surface area contributed by atoms with E-state index in [2.05, 4.69) is 66.3 Å². The molecular weight excluding hydrogens is 328 g/mol. The van der Waals surface area contributed by atoms with Crippen molar-refractivity contribution in [3.8, 4) is 11.3 Å². The highest BCUT2D eigenvalue weighted by atomic mass is 32.1. The molecule has 1 atom stereocenters. The Labute approximate surface area is 152 Å². The molecule has 1 aromatic carbocycles. The van der Waals surface area contributed by atoms with E-state index in [0.717, 1.165) is 40.2 Å². The Morgan fingerprint density at radius 1 is 1.28 bits per heavy atom. The number of benzene rings is 1. The first-order valence-corrected chi connectivity index (χ1v) is 8.97. The quantitative estimate of drug-likeness (QED) is 0.561. The van der Waals surface area contributed by atoms with Crippen molar-refractivity contribution in [2.24, 2.45) is 13.0 Å². The highest BCUT2D eigenvalue weighted by Gasteiger charge is 2.19. The first-order chi connectivity index (χ1) is 12.1. The summed E-state index contributed by atoms with van der Waals surface area (Å²) < 4.78 is 3.93. The molecule has 126 valence electrons. The standard InChI is InChI=1S/C20H20N4S/c1-4-18-16-7-5-14(12-17(16)22-23(18)3)20-9-10-21-24(20)19-8-6-15(25)11-13(19)2/h5,7,9-10,12-13,25H,4,11H2,1-3H3. The van der Waals surface area contributed by atoms with Crippen LogP contribution in [0.3, 0.4) is 0 Å². The topological polar surface area (TPSA) is 35.6 Å². The Balaban J connectivity index is 1.86. The molecule has 2 heterocycles. The number of aryl methyl sites for hydroxylation is 2. The molecule has 0 fully saturated rings. The molecule has 5 heteroatoms. The van der Waals surface area contributed by atoms with Crippen LogP contribution in [-0.2, 0) is 13.5 Å². The summed E-state index contributed by atoms with van der Waals surface area (Å²) in [6, 6.07) is 8.48. The Kier molecular flexibility index (Phi) is 3.93. The molecule has 0 spiro atoms. The minimum absolute atomic E-state index is 0.303. The molecule has 3 aromatic rings. The van der Waals surface area contributed by atoms with Gasteiger partial charge in [0.1, 0.15) is 0 Å². The van der Waals surface area contributed by atoms with Gasteiger partial charge in [-0.2, -0.15) is 10.2 Å². The van der Waals surface area contributed by atoms with Crippen molar-refractivity contribution < 1.29 is 0 Å². The summed E-state index contributed by atoms with van der Waals surface area (Å²) in [4.78, 5) is 0.937. The van der Waals surface area contributed by atoms with Gasteiger partial charge in [0.15, 0.2) is 0 Å². The van der Waals surface area contributed by atoms with E-state index in [1.165, 1.54) is 11.1 Å². The van der Waals surface area contributed by atoms with Gasteiger partial charge in [0.05, 0.1) is 23.1 Å². The number of thiol groups is 1. The summed E-state index contributed by atoms with van der Waals surface area (Å²) in [5.41, 5.74) is 11.8. The van der Waals surface area contributed by atoms with Crippen molar-refractivity contribution in [1.82, 2.24) is 19.6 Å². The largest absolute Gasteiger partial charge is 0.271 e. The van der Waals surface area contributed by atoms with Gasteiger partial charge in [-0.05, 0) is 30.7 Å². The minimum atomic E-state index is 0.303. The molecule has 0 radical (unpaired) electrons. The average Bonchev–Trinajstić information content (AvgIpc) is 3.17. The van der Waals surface area contributed by atoms with E-state index >= 15 is 0 Å². The molecule has 1 aliphatic carbocycles. The lowest BCUT2D eigenvalue weighted by atomic mass is 10.0. The zero-order chi connectivity index (χ0) is 17.6. The second-order valence-electron chi connectivity index (χ2n) is 6.47. The lowest BCUT2D eigenvalue weighted by molar-refractivity contribution is 0.688. The van der Waals surface area contributed by atoms with E-state index in [1.807, 2.05) is 28.7 Å². The maximum atomic E-state index is 4.66. The van der Waals surface area contributed by atoms with Gasteiger partial charge in [-0.1, -0.05) is 31.7 Å². The Hall–Kier alpha value is -2.45. The Bertz CT molecular complexity index is 1070. The zero-order valence-electron chi connectivity index (χ0n) is 14.6. The molecular formula is C20H20N4S. The van der Waals surface area contributed by atoms with Crippen LogP contribution in [-0.4, -0.2) is 19.6 Å². The third kappa shape index (κ3) is 2.67. The Morgan fingerprint density at radius 3 is 2.88 bits per heavy atom. The fraction of sp³-hybridized carbons (Fsp3) is 0.300. The van der Waals surface area contributed by atoms with Gasteiger partial charge in [0.25, 0.3) is 0 Å². The van der Waals surface area contributed by atoms with E-state index in [9.17, 15) is 0 Å². The van der Waals surface area contributed by atoms with Crippen LogP contribution >= 0.6 is 12.6 Å². The predicted octanol–water partition coefficient (Wildman–Crippen LogP) is 4.45. The number of hydrogen-bond donors (Lipinski definition) is 1. The van der Waals surface area contributed by atoms with Gasteiger partial charge in [0, 0.05) is 34.5 Å². The van der Waals surface area contributed by atoms with Gasteiger partial charge in [-0.25, -0.2) is 4.68 Å². The van der Waals surface area contributed by atoms with Crippen LogP contribution in [0.15, 0.2) is 46.8 Å². The van der Waals surface area contributed by atoms with Gasteiger partial charge >= 0.3 is 0 Å². The lowest BCUT2D eigenvalue weighted by Crippen LogP contribution is -2.10. The lowest BCUT2D eigenvalue weighted by Gasteiger charge is -2.17. The van der Waals surface area contributed by atoms with Crippen molar-refractivity contribution in [3.05, 3.63) is 52.5 Å². The molecule has 2 aromatic heterocycles. The number of rotatable bonds is 3.